The fraction of sp³-hybridized carbons (Fsp3) is 0.455. The molecule has 0 unspecified atom stereocenters. The lowest BCUT2D eigenvalue weighted by Gasteiger charge is -2.20. The summed E-state index contributed by atoms with van der Waals surface area (Å²) in [6, 6.07) is 1.04. The molecule has 1 aromatic heterocycles. The first kappa shape index (κ1) is 15.9. The number of halogens is 3. The predicted molar refractivity (Wildman–Crippen MR) is 61.0 cm³/mol. The molecule has 0 saturated carbocycles. The van der Waals surface area contributed by atoms with E-state index in [9.17, 15) is 22.8 Å². The lowest BCUT2D eigenvalue weighted by molar-refractivity contribution is -0.145. The minimum absolute atomic E-state index is 0.0504. The van der Waals surface area contributed by atoms with E-state index in [-0.39, 0.29) is 5.69 Å². The molecule has 0 fully saturated rings. The van der Waals surface area contributed by atoms with E-state index < -0.39 is 35.1 Å². The van der Waals surface area contributed by atoms with Crippen LogP contribution in [0.3, 0.4) is 0 Å². The monoisotopic (exact) mass is 291 g/mol. The summed E-state index contributed by atoms with van der Waals surface area (Å²) in [4.78, 5) is 28.9. The molecule has 0 saturated heterocycles. The van der Waals surface area contributed by atoms with Crippen molar-refractivity contribution >= 4 is 11.9 Å². The largest absolute Gasteiger partial charge is 0.480 e. The third-order valence-electron chi connectivity index (χ3n) is 2.30. The molecule has 0 bridgehead atoms. The SMILES string of the molecule is Cc1cc(C(=O)NC(C)(C)C(=O)O)nc(C(F)(F)F)n1. The summed E-state index contributed by atoms with van der Waals surface area (Å²) >= 11 is 0. The van der Waals surface area contributed by atoms with Crippen LogP contribution in [0.25, 0.3) is 0 Å². The number of rotatable bonds is 3. The fourth-order valence-electron chi connectivity index (χ4n) is 1.21. The Morgan fingerprint density at radius 1 is 1.25 bits per heavy atom. The van der Waals surface area contributed by atoms with Gasteiger partial charge in [-0.3, -0.25) is 4.79 Å². The summed E-state index contributed by atoms with van der Waals surface area (Å²) in [5, 5.41) is 10.9. The predicted octanol–water partition coefficient (Wildman–Crippen LogP) is 1.40. The van der Waals surface area contributed by atoms with Crippen LogP contribution in [0.1, 0.15) is 35.9 Å². The van der Waals surface area contributed by atoms with Crippen LogP contribution >= 0.6 is 0 Å². The van der Waals surface area contributed by atoms with Crippen molar-refractivity contribution in [3.63, 3.8) is 0 Å². The van der Waals surface area contributed by atoms with Gasteiger partial charge in [0.15, 0.2) is 0 Å². The highest BCUT2D eigenvalue weighted by Crippen LogP contribution is 2.26. The normalized spacial score (nSPS) is 12.1. The van der Waals surface area contributed by atoms with Crippen LogP contribution in [-0.2, 0) is 11.0 Å². The number of aliphatic carboxylic acids is 1. The molecule has 0 aliphatic rings. The Morgan fingerprint density at radius 2 is 1.80 bits per heavy atom. The van der Waals surface area contributed by atoms with Crippen LogP contribution in [0.4, 0.5) is 13.2 Å². The van der Waals surface area contributed by atoms with Gasteiger partial charge in [0.05, 0.1) is 0 Å². The Morgan fingerprint density at radius 3 is 2.25 bits per heavy atom. The standard InChI is InChI=1S/C11H12F3N3O3/c1-5-4-6(16-8(15-5)11(12,13)14)7(18)17-10(2,3)9(19)20/h4H,1-3H3,(H,17,18)(H,19,20). The second kappa shape index (κ2) is 5.06. The van der Waals surface area contributed by atoms with Gasteiger partial charge in [-0.1, -0.05) is 0 Å². The van der Waals surface area contributed by atoms with E-state index >= 15 is 0 Å². The molecule has 1 heterocycles. The van der Waals surface area contributed by atoms with Crippen molar-refractivity contribution in [1.29, 1.82) is 0 Å². The minimum Gasteiger partial charge on any atom is -0.480 e. The van der Waals surface area contributed by atoms with Crippen LogP contribution in [0.2, 0.25) is 0 Å². The maximum atomic E-state index is 12.5. The Labute approximate surface area is 112 Å². The van der Waals surface area contributed by atoms with E-state index in [2.05, 4.69) is 15.3 Å². The Balaban J connectivity index is 3.12. The van der Waals surface area contributed by atoms with Crippen molar-refractivity contribution in [1.82, 2.24) is 15.3 Å². The molecule has 0 atom stereocenters. The lowest BCUT2D eigenvalue weighted by atomic mass is 10.1. The van der Waals surface area contributed by atoms with Crippen molar-refractivity contribution < 1.29 is 27.9 Å². The first-order chi connectivity index (χ1) is 8.93. The Hall–Kier alpha value is -2.19. The molecule has 6 nitrogen and oxygen atoms in total. The quantitative estimate of drug-likeness (QED) is 0.878. The molecule has 1 rings (SSSR count). The van der Waals surface area contributed by atoms with E-state index in [0.717, 1.165) is 6.07 Å². The number of hydrogen-bond donors (Lipinski definition) is 2. The van der Waals surface area contributed by atoms with Crippen LogP contribution < -0.4 is 5.32 Å². The van der Waals surface area contributed by atoms with Crippen molar-refractivity contribution in [2.24, 2.45) is 0 Å². The maximum absolute atomic E-state index is 12.5. The van der Waals surface area contributed by atoms with E-state index in [1.807, 2.05) is 0 Å². The second-order valence-electron chi connectivity index (χ2n) is 4.60. The van der Waals surface area contributed by atoms with Crippen LogP contribution in [0, 0.1) is 6.92 Å². The summed E-state index contributed by atoms with van der Waals surface area (Å²) in [5.41, 5.74) is -2.22. The molecule has 1 aromatic rings. The molecule has 0 aromatic carbocycles. The highest BCUT2D eigenvalue weighted by Gasteiger charge is 2.36. The third-order valence-corrected chi connectivity index (χ3v) is 2.30. The van der Waals surface area contributed by atoms with Crippen LogP contribution in [-0.4, -0.2) is 32.5 Å². The summed E-state index contributed by atoms with van der Waals surface area (Å²) in [6.07, 6.45) is -4.79. The summed E-state index contributed by atoms with van der Waals surface area (Å²) in [7, 11) is 0. The van der Waals surface area contributed by atoms with Gasteiger partial charge in [-0.25, -0.2) is 14.8 Å². The molecule has 1 amide bonds. The number of amides is 1. The van der Waals surface area contributed by atoms with Crippen molar-refractivity contribution in [2.45, 2.75) is 32.5 Å². The molecule has 0 aliphatic heterocycles. The Kier molecular flexibility index (Phi) is 4.02. The first-order valence-electron chi connectivity index (χ1n) is 5.42. The zero-order chi connectivity index (χ0) is 15.7. The molecule has 0 spiro atoms. The number of hydrogen-bond acceptors (Lipinski definition) is 4. The molecule has 110 valence electrons. The average Bonchev–Trinajstić information content (AvgIpc) is 2.26. The van der Waals surface area contributed by atoms with Gasteiger partial charge < -0.3 is 10.4 Å². The molecular formula is C11H12F3N3O3. The molecule has 2 N–H and O–H groups in total. The highest BCUT2D eigenvalue weighted by atomic mass is 19.4. The van der Waals surface area contributed by atoms with Crippen molar-refractivity contribution in [2.75, 3.05) is 0 Å². The van der Waals surface area contributed by atoms with E-state index in [4.69, 9.17) is 5.11 Å². The third kappa shape index (κ3) is 3.65. The Bertz CT molecular complexity index is 556. The number of nitrogens with one attached hydrogen (secondary N) is 1. The number of carboxylic acids is 1. The number of aryl methyl sites for hydroxylation is 1. The zero-order valence-corrected chi connectivity index (χ0v) is 10.9. The van der Waals surface area contributed by atoms with E-state index in [0.29, 0.717) is 0 Å². The number of alkyl halides is 3. The molecular weight excluding hydrogens is 279 g/mol. The minimum atomic E-state index is -4.79. The van der Waals surface area contributed by atoms with Crippen molar-refractivity contribution in [3.8, 4) is 0 Å². The second-order valence-corrected chi connectivity index (χ2v) is 4.60. The summed E-state index contributed by atoms with van der Waals surface area (Å²) in [5.74, 6) is -3.79. The van der Waals surface area contributed by atoms with E-state index in [1.54, 1.807) is 0 Å². The average molecular weight is 291 g/mol. The number of carbonyl (C=O) groups is 2. The van der Waals surface area contributed by atoms with Crippen LogP contribution in [0.5, 0.6) is 0 Å². The molecule has 0 aliphatic carbocycles. The van der Waals surface area contributed by atoms with Crippen molar-refractivity contribution in [3.05, 3.63) is 23.3 Å². The van der Waals surface area contributed by atoms with Gasteiger partial charge in [-0.2, -0.15) is 13.2 Å². The maximum Gasteiger partial charge on any atom is 0.451 e. The molecule has 0 radical (unpaired) electrons. The van der Waals surface area contributed by atoms with Gasteiger partial charge in [0.25, 0.3) is 5.91 Å². The van der Waals surface area contributed by atoms with Gasteiger partial charge in [0.1, 0.15) is 11.2 Å². The van der Waals surface area contributed by atoms with Gasteiger partial charge in [0, 0.05) is 5.69 Å². The number of aromatic nitrogens is 2. The van der Waals surface area contributed by atoms with E-state index in [1.165, 1.54) is 20.8 Å². The number of carbonyl (C=O) groups excluding carboxylic acids is 1. The number of carboxylic acid groups (broad SMARTS) is 1. The van der Waals surface area contributed by atoms with Gasteiger partial charge >= 0.3 is 12.1 Å². The highest BCUT2D eigenvalue weighted by molar-refractivity contribution is 5.96. The molecule has 9 heteroatoms. The summed E-state index contributed by atoms with van der Waals surface area (Å²) in [6.45, 7) is 3.67. The smallest absolute Gasteiger partial charge is 0.451 e. The van der Waals surface area contributed by atoms with Gasteiger partial charge in [-0.15, -0.1) is 0 Å². The summed E-state index contributed by atoms with van der Waals surface area (Å²) < 4.78 is 37.6. The fourth-order valence-corrected chi connectivity index (χ4v) is 1.21. The number of nitrogens with zero attached hydrogens (tertiary/aromatic N) is 2. The zero-order valence-electron chi connectivity index (χ0n) is 10.9. The molecule has 20 heavy (non-hydrogen) atoms. The van der Waals surface area contributed by atoms with Gasteiger partial charge in [0.2, 0.25) is 5.82 Å². The van der Waals surface area contributed by atoms with Gasteiger partial charge in [-0.05, 0) is 26.8 Å². The lowest BCUT2D eigenvalue weighted by Crippen LogP contribution is -2.50. The topological polar surface area (TPSA) is 92.2 Å². The first-order valence-corrected chi connectivity index (χ1v) is 5.42. The van der Waals surface area contributed by atoms with Crippen LogP contribution in [0.15, 0.2) is 6.07 Å².